The van der Waals surface area contributed by atoms with Gasteiger partial charge in [-0.25, -0.2) is 4.79 Å². The van der Waals surface area contributed by atoms with Gasteiger partial charge in [0.05, 0.1) is 11.1 Å². The Balaban J connectivity index is 1.27. The van der Waals surface area contributed by atoms with Crippen LogP contribution in [-0.2, 0) is 11.3 Å². The van der Waals surface area contributed by atoms with Crippen LogP contribution in [0.15, 0.2) is 52.3 Å². The third-order valence-electron chi connectivity index (χ3n) is 5.44. The van der Waals surface area contributed by atoms with E-state index in [2.05, 4.69) is 20.6 Å². The number of aromatic amines is 2. The van der Waals surface area contributed by atoms with Crippen LogP contribution >= 0.6 is 0 Å². The summed E-state index contributed by atoms with van der Waals surface area (Å²) in [6.45, 7) is 0.189. The van der Waals surface area contributed by atoms with Crippen molar-refractivity contribution in [2.24, 2.45) is 0 Å². The number of para-hydroxylation sites is 1. The molecule has 1 aliphatic rings. The molecule has 1 fully saturated rings. The van der Waals surface area contributed by atoms with Crippen LogP contribution in [0.3, 0.4) is 0 Å². The predicted molar refractivity (Wildman–Crippen MR) is 111 cm³/mol. The predicted octanol–water partition coefficient (Wildman–Crippen LogP) is 0.875. The summed E-state index contributed by atoms with van der Waals surface area (Å²) in [6, 6.07) is 8.75. The fourth-order valence-corrected chi connectivity index (χ4v) is 3.92. The summed E-state index contributed by atoms with van der Waals surface area (Å²) < 4.78 is 1.29. The van der Waals surface area contributed by atoms with E-state index >= 15 is 0 Å². The standard InChI is InChI=1S/C21H23N5O4/c27-17(7-10-26-11-8-18(28)25-21(26)30)23-14-4-5-15(12-14)24-20(29)16-3-1-2-13-6-9-22-19(13)16/h1-3,6,8-9,11,14-15,22H,4-5,7,10,12H2,(H,23,27)(H,24,29)(H,25,28,30)/t14-,15+/m0/s1. The summed E-state index contributed by atoms with van der Waals surface area (Å²) in [7, 11) is 0. The van der Waals surface area contributed by atoms with Gasteiger partial charge in [0, 0.05) is 48.9 Å². The Morgan fingerprint density at radius 2 is 1.87 bits per heavy atom. The Morgan fingerprint density at radius 1 is 1.07 bits per heavy atom. The number of carbonyl (C=O) groups excluding carboxylic acids is 2. The molecule has 0 radical (unpaired) electrons. The maximum absolute atomic E-state index is 12.7. The molecule has 1 saturated carbocycles. The zero-order chi connectivity index (χ0) is 21.1. The van der Waals surface area contributed by atoms with Crippen molar-refractivity contribution in [2.45, 2.75) is 44.3 Å². The number of hydrogen-bond acceptors (Lipinski definition) is 4. The fraction of sp³-hybridized carbons (Fsp3) is 0.333. The lowest BCUT2D eigenvalue weighted by Gasteiger charge is -2.15. The first-order chi connectivity index (χ1) is 14.5. The van der Waals surface area contributed by atoms with Crippen molar-refractivity contribution >= 4 is 22.7 Å². The highest BCUT2D eigenvalue weighted by Crippen LogP contribution is 2.21. The van der Waals surface area contributed by atoms with E-state index in [0.717, 1.165) is 23.7 Å². The molecule has 3 aromatic rings. The van der Waals surface area contributed by atoms with E-state index in [1.807, 2.05) is 24.4 Å². The molecule has 2 amide bonds. The molecular formula is C21H23N5O4. The summed E-state index contributed by atoms with van der Waals surface area (Å²) >= 11 is 0. The second kappa shape index (κ2) is 8.40. The number of nitrogens with one attached hydrogen (secondary N) is 4. The Labute approximate surface area is 171 Å². The van der Waals surface area contributed by atoms with Crippen molar-refractivity contribution in [1.29, 1.82) is 0 Å². The van der Waals surface area contributed by atoms with E-state index in [-0.39, 0.29) is 36.9 Å². The minimum absolute atomic E-state index is 0.00478. The van der Waals surface area contributed by atoms with Gasteiger partial charge in [0.15, 0.2) is 0 Å². The highest BCUT2D eigenvalue weighted by Gasteiger charge is 2.27. The van der Waals surface area contributed by atoms with Crippen molar-refractivity contribution in [3.8, 4) is 0 Å². The Bertz CT molecular complexity index is 1190. The van der Waals surface area contributed by atoms with Crippen LogP contribution in [0.4, 0.5) is 0 Å². The third-order valence-corrected chi connectivity index (χ3v) is 5.44. The molecule has 0 spiro atoms. The number of nitrogens with zero attached hydrogens (tertiary/aromatic N) is 1. The Hall–Kier alpha value is -3.62. The third kappa shape index (κ3) is 4.35. The van der Waals surface area contributed by atoms with Crippen LogP contribution in [-0.4, -0.2) is 38.4 Å². The second-order valence-corrected chi connectivity index (χ2v) is 7.55. The number of aromatic nitrogens is 3. The molecule has 2 aromatic heterocycles. The number of hydrogen-bond donors (Lipinski definition) is 4. The zero-order valence-corrected chi connectivity index (χ0v) is 16.3. The lowest BCUT2D eigenvalue weighted by molar-refractivity contribution is -0.122. The molecule has 2 atom stereocenters. The SMILES string of the molecule is O=C(CCn1ccc(=O)[nH]c1=O)N[C@H]1CC[C@@H](NC(=O)c2cccc3cc[nH]c23)C1. The van der Waals surface area contributed by atoms with E-state index < -0.39 is 11.2 Å². The van der Waals surface area contributed by atoms with Crippen molar-refractivity contribution in [3.05, 3.63) is 69.1 Å². The van der Waals surface area contributed by atoms with Crippen LogP contribution in [0.1, 0.15) is 36.0 Å². The minimum Gasteiger partial charge on any atom is -0.361 e. The smallest absolute Gasteiger partial charge is 0.328 e. The molecule has 1 aromatic carbocycles. The van der Waals surface area contributed by atoms with Gasteiger partial charge in [0.2, 0.25) is 5.91 Å². The Morgan fingerprint density at radius 3 is 2.67 bits per heavy atom. The van der Waals surface area contributed by atoms with Gasteiger partial charge in [0.1, 0.15) is 0 Å². The summed E-state index contributed by atoms with van der Waals surface area (Å²) in [5, 5.41) is 7.01. The summed E-state index contributed by atoms with van der Waals surface area (Å²) in [5.74, 6) is -0.293. The lowest BCUT2D eigenvalue weighted by Crippen LogP contribution is -2.38. The zero-order valence-electron chi connectivity index (χ0n) is 16.3. The van der Waals surface area contributed by atoms with Crippen LogP contribution in [0.25, 0.3) is 10.9 Å². The normalized spacial score (nSPS) is 18.4. The maximum atomic E-state index is 12.7. The van der Waals surface area contributed by atoms with E-state index in [0.29, 0.717) is 12.0 Å². The molecule has 0 unspecified atom stereocenters. The lowest BCUT2D eigenvalue weighted by atomic mass is 10.1. The molecule has 9 heteroatoms. The van der Waals surface area contributed by atoms with Crippen LogP contribution < -0.4 is 21.9 Å². The number of H-pyrrole nitrogens is 2. The van der Waals surface area contributed by atoms with Crippen molar-refractivity contribution in [1.82, 2.24) is 25.2 Å². The summed E-state index contributed by atoms with van der Waals surface area (Å²) in [6.07, 6.45) is 5.55. The number of amides is 2. The average Bonchev–Trinajstić information content (AvgIpc) is 3.36. The van der Waals surface area contributed by atoms with Gasteiger partial charge in [0.25, 0.3) is 11.5 Å². The van der Waals surface area contributed by atoms with E-state index in [9.17, 15) is 19.2 Å². The fourth-order valence-electron chi connectivity index (χ4n) is 3.92. The largest absolute Gasteiger partial charge is 0.361 e. The molecule has 0 bridgehead atoms. The monoisotopic (exact) mass is 409 g/mol. The highest BCUT2D eigenvalue weighted by molar-refractivity contribution is 6.05. The summed E-state index contributed by atoms with van der Waals surface area (Å²) in [4.78, 5) is 52.9. The molecule has 0 saturated heterocycles. The first-order valence-electron chi connectivity index (χ1n) is 9.96. The molecule has 9 nitrogen and oxygen atoms in total. The summed E-state index contributed by atoms with van der Waals surface area (Å²) in [5.41, 5.74) is 0.426. The molecule has 4 rings (SSSR count). The van der Waals surface area contributed by atoms with E-state index in [1.54, 1.807) is 6.07 Å². The molecule has 4 N–H and O–H groups in total. The molecule has 156 valence electrons. The van der Waals surface area contributed by atoms with Gasteiger partial charge >= 0.3 is 5.69 Å². The van der Waals surface area contributed by atoms with Crippen LogP contribution in [0.5, 0.6) is 0 Å². The first kappa shape index (κ1) is 19.7. The van der Waals surface area contributed by atoms with Crippen LogP contribution in [0.2, 0.25) is 0 Å². The van der Waals surface area contributed by atoms with Crippen molar-refractivity contribution in [2.75, 3.05) is 0 Å². The van der Waals surface area contributed by atoms with Gasteiger partial charge in [-0.2, -0.15) is 0 Å². The van der Waals surface area contributed by atoms with Crippen molar-refractivity contribution < 1.29 is 9.59 Å². The molecular weight excluding hydrogens is 386 g/mol. The Kier molecular flexibility index (Phi) is 5.51. The first-order valence-corrected chi connectivity index (χ1v) is 9.96. The number of aryl methyl sites for hydroxylation is 1. The topological polar surface area (TPSA) is 129 Å². The van der Waals surface area contributed by atoms with Crippen LogP contribution in [0, 0.1) is 0 Å². The molecule has 0 aliphatic heterocycles. The quantitative estimate of drug-likeness (QED) is 0.482. The van der Waals surface area contributed by atoms with Gasteiger partial charge < -0.3 is 20.2 Å². The van der Waals surface area contributed by atoms with Gasteiger partial charge in [-0.1, -0.05) is 12.1 Å². The maximum Gasteiger partial charge on any atom is 0.328 e. The number of rotatable bonds is 6. The molecule has 30 heavy (non-hydrogen) atoms. The van der Waals surface area contributed by atoms with E-state index in [1.165, 1.54) is 16.8 Å². The molecule has 2 heterocycles. The van der Waals surface area contributed by atoms with Gasteiger partial charge in [-0.05, 0) is 31.4 Å². The minimum atomic E-state index is -0.531. The highest BCUT2D eigenvalue weighted by atomic mass is 16.2. The average molecular weight is 409 g/mol. The van der Waals surface area contributed by atoms with Gasteiger partial charge in [-0.15, -0.1) is 0 Å². The van der Waals surface area contributed by atoms with Gasteiger partial charge in [-0.3, -0.25) is 19.4 Å². The number of benzene rings is 1. The van der Waals surface area contributed by atoms with E-state index in [4.69, 9.17) is 0 Å². The van der Waals surface area contributed by atoms with Crippen molar-refractivity contribution in [3.63, 3.8) is 0 Å². The second-order valence-electron chi connectivity index (χ2n) is 7.55. The number of carbonyl (C=O) groups is 2. The number of fused-ring (bicyclic) bond motifs is 1. The molecule has 1 aliphatic carbocycles.